The molecule has 1 saturated heterocycles. The minimum absolute atomic E-state index is 0.275. The van der Waals surface area contributed by atoms with Crippen LogP contribution in [0.5, 0.6) is 5.75 Å². The van der Waals surface area contributed by atoms with Crippen LogP contribution in [-0.4, -0.2) is 56.6 Å². The van der Waals surface area contributed by atoms with Gasteiger partial charge in [0, 0.05) is 19.6 Å². The van der Waals surface area contributed by atoms with Gasteiger partial charge in [-0.1, -0.05) is 12.1 Å². The van der Waals surface area contributed by atoms with E-state index in [0.717, 1.165) is 19.6 Å². The van der Waals surface area contributed by atoms with E-state index in [-0.39, 0.29) is 23.8 Å². The molecule has 4 nitrogen and oxygen atoms in total. The van der Waals surface area contributed by atoms with E-state index in [1.165, 1.54) is 6.07 Å². The molecule has 0 amide bonds. The summed E-state index contributed by atoms with van der Waals surface area (Å²) in [5.74, 6) is -0.0641. The van der Waals surface area contributed by atoms with Crippen LogP contribution in [0.4, 0.5) is 4.39 Å². The summed E-state index contributed by atoms with van der Waals surface area (Å²) in [4.78, 5) is 2.34. The molecule has 2 atom stereocenters. The van der Waals surface area contributed by atoms with Crippen LogP contribution >= 0.6 is 0 Å². The van der Waals surface area contributed by atoms with Crippen molar-refractivity contribution < 1.29 is 18.6 Å². The third kappa shape index (κ3) is 5.61. The van der Waals surface area contributed by atoms with Gasteiger partial charge < -0.3 is 14.2 Å². The molecule has 0 radical (unpaired) electrons. The van der Waals surface area contributed by atoms with Crippen LogP contribution in [0.15, 0.2) is 24.3 Å². The summed E-state index contributed by atoms with van der Waals surface area (Å²) < 4.78 is 29.8. The fourth-order valence-electron chi connectivity index (χ4n) is 2.54. The highest BCUT2D eigenvalue weighted by molar-refractivity contribution is 5.23. The molecule has 1 aromatic rings. The lowest BCUT2D eigenvalue weighted by Gasteiger charge is -2.35. The van der Waals surface area contributed by atoms with Crippen molar-refractivity contribution in [2.24, 2.45) is 0 Å². The Hall–Kier alpha value is -1.17. The molecular formula is C16H24FNO3. The van der Waals surface area contributed by atoms with E-state index in [0.29, 0.717) is 19.8 Å². The van der Waals surface area contributed by atoms with Crippen LogP contribution in [-0.2, 0) is 9.47 Å². The van der Waals surface area contributed by atoms with Crippen molar-refractivity contribution in [1.82, 2.24) is 4.90 Å². The summed E-state index contributed by atoms with van der Waals surface area (Å²) in [7, 11) is 0. The molecule has 0 N–H and O–H groups in total. The van der Waals surface area contributed by atoms with Gasteiger partial charge >= 0.3 is 0 Å². The van der Waals surface area contributed by atoms with Crippen LogP contribution < -0.4 is 4.74 Å². The molecule has 0 aromatic heterocycles. The number of rotatable bonds is 7. The van der Waals surface area contributed by atoms with Crippen LogP contribution in [0, 0.1) is 5.82 Å². The molecule has 118 valence electrons. The SMILES string of the molecule is C[C@@H]1CN(CCOCCOc2ccccc2F)C[C@H](C)O1. The molecule has 1 heterocycles. The molecule has 0 unspecified atom stereocenters. The summed E-state index contributed by atoms with van der Waals surface area (Å²) in [5, 5.41) is 0. The topological polar surface area (TPSA) is 30.9 Å². The first kappa shape index (κ1) is 16.2. The summed E-state index contributed by atoms with van der Waals surface area (Å²) in [5.41, 5.74) is 0. The van der Waals surface area contributed by atoms with Crippen molar-refractivity contribution in [3.05, 3.63) is 30.1 Å². The van der Waals surface area contributed by atoms with Crippen molar-refractivity contribution in [2.45, 2.75) is 26.1 Å². The molecule has 5 heteroatoms. The van der Waals surface area contributed by atoms with Gasteiger partial charge in [0.2, 0.25) is 0 Å². The van der Waals surface area contributed by atoms with E-state index in [1.54, 1.807) is 18.2 Å². The fourth-order valence-corrected chi connectivity index (χ4v) is 2.54. The first-order valence-corrected chi connectivity index (χ1v) is 7.48. The lowest BCUT2D eigenvalue weighted by atomic mass is 10.2. The van der Waals surface area contributed by atoms with Gasteiger partial charge in [-0.05, 0) is 26.0 Å². The van der Waals surface area contributed by atoms with Crippen molar-refractivity contribution in [2.75, 3.05) is 39.5 Å². The number of morpholine rings is 1. The first-order valence-electron chi connectivity index (χ1n) is 7.48. The number of hydrogen-bond donors (Lipinski definition) is 0. The normalized spacial score (nSPS) is 23.2. The quantitative estimate of drug-likeness (QED) is 0.723. The number of benzene rings is 1. The largest absolute Gasteiger partial charge is 0.488 e. The molecule has 0 bridgehead atoms. The summed E-state index contributed by atoms with van der Waals surface area (Å²) >= 11 is 0. The Morgan fingerprint density at radius 1 is 1.14 bits per heavy atom. The number of nitrogens with zero attached hydrogens (tertiary/aromatic N) is 1. The summed E-state index contributed by atoms with van der Waals surface area (Å²) in [6.07, 6.45) is 0.552. The predicted octanol–water partition coefficient (Wildman–Crippen LogP) is 2.33. The highest BCUT2D eigenvalue weighted by Crippen LogP contribution is 2.15. The zero-order valence-corrected chi connectivity index (χ0v) is 12.8. The molecule has 1 aliphatic rings. The summed E-state index contributed by atoms with van der Waals surface area (Å²) in [6.45, 7) is 8.43. The zero-order valence-electron chi connectivity index (χ0n) is 12.8. The second kappa shape index (κ2) is 8.32. The first-order chi connectivity index (χ1) is 10.1. The van der Waals surface area contributed by atoms with Gasteiger partial charge in [0.25, 0.3) is 0 Å². The van der Waals surface area contributed by atoms with Crippen molar-refractivity contribution in [3.8, 4) is 5.75 Å². The van der Waals surface area contributed by atoms with Gasteiger partial charge in [0.1, 0.15) is 6.61 Å². The monoisotopic (exact) mass is 297 g/mol. The van der Waals surface area contributed by atoms with Gasteiger partial charge in [0.05, 0.1) is 25.4 Å². The minimum Gasteiger partial charge on any atom is -0.488 e. The lowest BCUT2D eigenvalue weighted by Crippen LogP contribution is -2.46. The maximum Gasteiger partial charge on any atom is 0.165 e. The molecule has 0 saturated carbocycles. The second-order valence-electron chi connectivity index (χ2n) is 5.41. The van der Waals surface area contributed by atoms with E-state index < -0.39 is 0 Å². The zero-order chi connectivity index (χ0) is 15.1. The third-order valence-corrected chi connectivity index (χ3v) is 3.37. The van der Waals surface area contributed by atoms with E-state index in [9.17, 15) is 4.39 Å². The number of ether oxygens (including phenoxy) is 3. The molecule has 1 aliphatic heterocycles. The Labute approximate surface area is 125 Å². The Bertz CT molecular complexity index is 420. The Kier molecular flexibility index (Phi) is 6.42. The Morgan fingerprint density at radius 2 is 1.86 bits per heavy atom. The third-order valence-electron chi connectivity index (χ3n) is 3.37. The minimum atomic E-state index is -0.339. The number of para-hydroxylation sites is 1. The van der Waals surface area contributed by atoms with Crippen molar-refractivity contribution in [1.29, 1.82) is 0 Å². The molecule has 1 aromatic carbocycles. The average Bonchev–Trinajstić information content (AvgIpc) is 2.43. The van der Waals surface area contributed by atoms with Gasteiger partial charge in [-0.2, -0.15) is 0 Å². The van der Waals surface area contributed by atoms with E-state index in [4.69, 9.17) is 14.2 Å². The molecule has 0 spiro atoms. The van der Waals surface area contributed by atoms with Gasteiger partial charge in [-0.15, -0.1) is 0 Å². The highest BCUT2D eigenvalue weighted by Gasteiger charge is 2.21. The average molecular weight is 297 g/mol. The highest BCUT2D eigenvalue weighted by atomic mass is 19.1. The van der Waals surface area contributed by atoms with Crippen molar-refractivity contribution in [3.63, 3.8) is 0 Å². The number of hydrogen-bond acceptors (Lipinski definition) is 4. The molecule has 1 fully saturated rings. The molecule has 0 aliphatic carbocycles. The maximum absolute atomic E-state index is 13.3. The Morgan fingerprint density at radius 3 is 2.57 bits per heavy atom. The predicted molar refractivity (Wildman–Crippen MR) is 79.2 cm³/mol. The fraction of sp³-hybridized carbons (Fsp3) is 0.625. The van der Waals surface area contributed by atoms with Gasteiger partial charge in [-0.3, -0.25) is 4.90 Å². The van der Waals surface area contributed by atoms with E-state index in [2.05, 4.69) is 18.7 Å². The molecule has 21 heavy (non-hydrogen) atoms. The standard InChI is InChI=1S/C16H24FNO3/c1-13-11-18(12-14(2)21-13)7-8-19-9-10-20-16-6-4-3-5-15(16)17/h3-6,13-14H,7-12H2,1-2H3/t13-,14+. The smallest absolute Gasteiger partial charge is 0.165 e. The van der Waals surface area contributed by atoms with Crippen LogP contribution in [0.2, 0.25) is 0 Å². The van der Waals surface area contributed by atoms with E-state index >= 15 is 0 Å². The van der Waals surface area contributed by atoms with Crippen LogP contribution in [0.1, 0.15) is 13.8 Å². The van der Waals surface area contributed by atoms with Crippen LogP contribution in [0.25, 0.3) is 0 Å². The Balaban J connectivity index is 1.55. The van der Waals surface area contributed by atoms with Crippen molar-refractivity contribution >= 4 is 0 Å². The number of halogens is 1. The summed E-state index contributed by atoms with van der Waals surface area (Å²) in [6, 6.07) is 6.39. The van der Waals surface area contributed by atoms with E-state index in [1.807, 2.05) is 0 Å². The van der Waals surface area contributed by atoms with Crippen LogP contribution in [0.3, 0.4) is 0 Å². The second-order valence-corrected chi connectivity index (χ2v) is 5.41. The molecular weight excluding hydrogens is 273 g/mol. The lowest BCUT2D eigenvalue weighted by molar-refractivity contribution is -0.0734. The maximum atomic E-state index is 13.3. The molecule has 2 rings (SSSR count). The van der Waals surface area contributed by atoms with Gasteiger partial charge in [-0.25, -0.2) is 4.39 Å². The van der Waals surface area contributed by atoms with Gasteiger partial charge in [0.15, 0.2) is 11.6 Å².